The number of hydrogen-bond donors (Lipinski definition) is 2. The third-order valence-electron chi connectivity index (χ3n) is 5.38. The molecule has 23 heavy (non-hydrogen) atoms. The number of hydrogen-bond acceptors (Lipinski definition) is 2. The van der Waals surface area contributed by atoms with Crippen LogP contribution in [0.15, 0.2) is 35.9 Å². The van der Waals surface area contributed by atoms with E-state index in [2.05, 4.69) is 47.1 Å². The molecular formula is C19H22N2O2. The molecule has 1 aromatic carbocycles. The lowest BCUT2D eigenvalue weighted by Crippen LogP contribution is -2.41. The van der Waals surface area contributed by atoms with E-state index >= 15 is 0 Å². The van der Waals surface area contributed by atoms with Gasteiger partial charge in [-0.3, -0.25) is 9.69 Å². The van der Waals surface area contributed by atoms with Crippen LogP contribution in [-0.2, 0) is 11.2 Å². The van der Waals surface area contributed by atoms with Crippen LogP contribution in [0.2, 0.25) is 0 Å². The van der Waals surface area contributed by atoms with Gasteiger partial charge in [0.05, 0.1) is 12.5 Å². The van der Waals surface area contributed by atoms with Crippen LogP contribution in [0, 0.1) is 5.92 Å². The molecule has 3 heterocycles. The molecule has 0 amide bonds. The first-order valence-electron chi connectivity index (χ1n) is 8.43. The minimum absolute atomic E-state index is 0.165. The number of nitrogens with one attached hydrogen (secondary N) is 1. The van der Waals surface area contributed by atoms with Crippen LogP contribution < -0.4 is 0 Å². The molecule has 0 fully saturated rings. The van der Waals surface area contributed by atoms with Crippen LogP contribution in [0.1, 0.15) is 37.1 Å². The standard InChI is InChI=1S/C19H22N2O2/c1-2-12-11-21-8-7-15-14-5-3-4-6-16(14)20-19(15)17(21)9-13(12)10-18(22)23/h3-6,9,12,17,20H,2,7-8,10-11H2,1H3,(H,22,23)/t12-,17+/m1/s1. The number of carboxylic acid groups (broad SMARTS) is 1. The Labute approximate surface area is 135 Å². The van der Waals surface area contributed by atoms with Crippen molar-refractivity contribution in [2.24, 2.45) is 5.92 Å². The Morgan fingerprint density at radius 3 is 3.00 bits per heavy atom. The second-order valence-corrected chi connectivity index (χ2v) is 6.67. The third kappa shape index (κ3) is 2.38. The second-order valence-electron chi connectivity index (χ2n) is 6.67. The normalized spacial score (nSPS) is 24.1. The van der Waals surface area contributed by atoms with Gasteiger partial charge in [0.2, 0.25) is 0 Å². The van der Waals surface area contributed by atoms with Crippen LogP contribution in [0.4, 0.5) is 0 Å². The molecule has 0 spiro atoms. The molecule has 0 bridgehead atoms. The number of carbonyl (C=O) groups is 1. The summed E-state index contributed by atoms with van der Waals surface area (Å²) in [5, 5.41) is 10.5. The van der Waals surface area contributed by atoms with Gasteiger partial charge in [0, 0.05) is 29.7 Å². The van der Waals surface area contributed by atoms with E-state index in [1.165, 1.54) is 22.2 Å². The SMILES string of the molecule is CC[C@@H]1CN2CCc3c([nH]c4ccccc34)[C@@H]2C=C1CC(=O)O. The number of fused-ring (bicyclic) bond motifs is 5. The van der Waals surface area contributed by atoms with Crippen molar-refractivity contribution >= 4 is 16.9 Å². The summed E-state index contributed by atoms with van der Waals surface area (Å²) in [5.74, 6) is -0.357. The Morgan fingerprint density at radius 2 is 2.22 bits per heavy atom. The molecule has 4 nitrogen and oxygen atoms in total. The minimum atomic E-state index is -0.726. The lowest BCUT2D eigenvalue weighted by atomic mass is 9.84. The average Bonchev–Trinajstić information content (AvgIpc) is 2.93. The monoisotopic (exact) mass is 310 g/mol. The summed E-state index contributed by atoms with van der Waals surface area (Å²) in [5.41, 5.74) is 4.94. The van der Waals surface area contributed by atoms with Crippen molar-refractivity contribution < 1.29 is 9.90 Å². The zero-order valence-electron chi connectivity index (χ0n) is 13.4. The number of carboxylic acids is 1. The highest BCUT2D eigenvalue weighted by molar-refractivity contribution is 5.85. The lowest BCUT2D eigenvalue weighted by Gasteiger charge is -2.41. The Bertz CT molecular complexity index is 790. The van der Waals surface area contributed by atoms with Crippen molar-refractivity contribution in [2.45, 2.75) is 32.2 Å². The number of H-pyrrole nitrogens is 1. The molecule has 4 heteroatoms. The molecule has 120 valence electrons. The topological polar surface area (TPSA) is 56.3 Å². The Morgan fingerprint density at radius 1 is 1.39 bits per heavy atom. The van der Waals surface area contributed by atoms with E-state index in [1.54, 1.807) is 0 Å². The maximum atomic E-state index is 11.2. The van der Waals surface area contributed by atoms with Gasteiger partial charge in [0.15, 0.2) is 0 Å². The van der Waals surface area contributed by atoms with E-state index in [0.717, 1.165) is 31.5 Å². The average molecular weight is 310 g/mol. The highest BCUT2D eigenvalue weighted by atomic mass is 16.4. The van der Waals surface area contributed by atoms with E-state index in [9.17, 15) is 9.90 Å². The van der Waals surface area contributed by atoms with Crippen molar-refractivity contribution in [2.75, 3.05) is 13.1 Å². The summed E-state index contributed by atoms with van der Waals surface area (Å²) >= 11 is 0. The second kappa shape index (κ2) is 5.53. The molecule has 2 N–H and O–H groups in total. The first kappa shape index (κ1) is 14.5. The summed E-state index contributed by atoms with van der Waals surface area (Å²) in [6.07, 6.45) is 4.44. The van der Waals surface area contributed by atoms with Crippen LogP contribution >= 0.6 is 0 Å². The van der Waals surface area contributed by atoms with Crippen LogP contribution in [-0.4, -0.2) is 34.0 Å². The number of aliphatic carboxylic acids is 1. The van der Waals surface area contributed by atoms with Crippen molar-refractivity contribution in [3.8, 4) is 0 Å². The molecule has 2 aliphatic heterocycles. The number of aromatic nitrogens is 1. The van der Waals surface area contributed by atoms with Crippen LogP contribution in [0.3, 0.4) is 0 Å². The van der Waals surface area contributed by atoms with Crippen molar-refractivity contribution in [1.29, 1.82) is 0 Å². The largest absolute Gasteiger partial charge is 0.481 e. The van der Waals surface area contributed by atoms with E-state index < -0.39 is 5.97 Å². The summed E-state index contributed by atoms with van der Waals surface area (Å²) in [4.78, 5) is 17.3. The predicted octanol–water partition coefficient (Wildman–Crippen LogP) is 3.51. The van der Waals surface area contributed by atoms with Gasteiger partial charge in [-0.2, -0.15) is 0 Å². The number of para-hydroxylation sites is 1. The molecule has 4 rings (SSSR count). The predicted molar refractivity (Wildman–Crippen MR) is 90.4 cm³/mol. The van der Waals surface area contributed by atoms with E-state index in [1.807, 2.05) is 0 Å². The maximum Gasteiger partial charge on any atom is 0.307 e. The molecule has 0 aliphatic carbocycles. The summed E-state index contributed by atoms with van der Waals surface area (Å²) in [6, 6.07) is 8.64. The minimum Gasteiger partial charge on any atom is -0.481 e. The van der Waals surface area contributed by atoms with E-state index in [-0.39, 0.29) is 12.5 Å². The number of rotatable bonds is 3. The Kier molecular flexibility index (Phi) is 3.49. The number of aromatic amines is 1. The van der Waals surface area contributed by atoms with Gasteiger partial charge in [-0.25, -0.2) is 0 Å². The smallest absolute Gasteiger partial charge is 0.307 e. The quantitative estimate of drug-likeness (QED) is 0.853. The molecular weight excluding hydrogens is 288 g/mol. The highest BCUT2D eigenvalue weighted by Crippen LogP contribution is 2.40. The first-order chi connectivity index (χ1) is 11.2. The van der Waals surface area contributed by atoms with Gasteiger partial charge in [-0.05, 0) is 30.4 Å². The molecule has 2 atom stereocenters. The zero-order chi connectivity index (χ0) is 16.0. The summed E-state index contributed by atoms with van der Waals surface area (Å²) < 4.78 is 0. The van der Waals surface area contributed by atoms with Gasteiger partial charge in [-0.1, -0.05) is 36.8 Å². The third-order valence-corrected chi connectivity index (χ3v) is 5.38. The fourth-order valence-corrected chi connectivity index (χ4v) is 4.22. The van der Waals surface area contributed by atoms with Crippen LogP contribution in [0.5, 0.6) is 0 Å². The van der Waals surface area contributed by atoms with E-state index in [0.29, 0.717) is 5.92 Å². The van der Waals surface area contributed by atoms with Crippen LogP contribution in [0.25, 0.3) is 10.9 Å². The van der Waals surface area contributed by atoms with E-state index in [4.69, 9.17) is 0 Å². The molecule has 2 aliphatic rings. The fraction of sp³-hybridized carbons (Fsp3) is 0.421. The molecule has 0 unspecified atom stereocenters. The van der Waals surface area contributed by atoms with Gasteiger partial charge in [0.1, 0.15) is 0 Å². The lowest BCUT2D eigenvalue weighted by molar-refractivity contribution is -0.136. The van der Waals surface area contributed by atoms with Gasteiger partial charge in [-0.15, -0.1) is 0 Å². The molecule has 0 saturated carbocycles. The Balaban J connectivity index is 1.80. The molecule has 0 saturated heterocycles. The molecule has 1 aromatic heterocycles. The van der Waals surface area contributed by atoms with Gasteiger partial charge in [0.25, 0.3) is 0 Å². The fourth-order valence-electron chi connectivity index (χ4n) is 4.22. The number of nitrogens with zero attached hydrogens (tertiary/aromatic N) is 1. The van der Waals surface area contributed by atoms with Gasteiger partial charge < -0.3 is 10.1 Å². The van der Waals surface area contributed by atoms with Gasteiger partial charge >= 0.3 is 5.97 Å². The zero-order valence-corrected chi connectivity index (χ0v) is 13.4. The molecule has 2 aromatic rings. The summed E-state index contributed by atoms with van der Waals surface area (Å²) in [7, 11) is 0. The van der Waals surface area contributed by atoms with Crippen molar-refractivity contribution in [3.05, 3.63) is 47.2 Å². The van der Waals surface area contributed by atoms with Crippen molar-refractivity contribution in [1.82, 2.24) is 9.88 Å². The Hall–Kier alpha value is -2.07. The number of benzene rings is 1. The summed E-state index contributed by atoms with van der Waals surface area (Å²) in [6.45, 7) is 4.17. The maximum absolute atomic E-state index is 11.2. The van der Waals surface area contributed by atoms with Crippen molar-refractivity contribution in [3.63, 3.8) is 0 Å². The highest BCUT2D eigenvalue weighted by Gasteiger charge is 2.35. The first-order valence-corrected chi connectivity index (χ1v) is 8.43. The molecule has 0 radical (unpaired) electrons.